The number of carbonyl (C=O) groups is 5. The molecule has 1 aromatic heterocycles. The smallest absolute Gasteiger partial charge is 0.410 e. The molecule has 0 radical (unpaired) electrons. The Balaban J connectivity index is 0.000000506. The van der Waals surface area contributed by atoms with Gasteiger partial charge in [-0.1, -0.05) is 73.5 Å². The van der Waals surface area contributed by atoms with Crippen LogP contribution in [0.2, 0.25) is 10.0 Å². The number of likely N-dealkylation sites (tertiary alicyclic amines) is 2. The van der Waals surface area contributed by atoms with Crippen molar-refractivity contribution in [3.8, 4) is 6.07 Å². The van der Waals surface area contributed by atoms with Gasteiger partial charge >= 0.3 is 78.3 Å². The van der Waals surface area contributed by atoms with E-state index in [0.717, 1.165) is 54.9 Å². The largest absolute Gasteiger partial charge is 0.444 e. The maximum atomic E-state index is 12.7. The minimum Gasteiger partial charge on any atom is -0.444 e. The summed E-state index contributed by atoms with van der Waals surface area (Å²) in [6, 6.07) is 16.9. The molecule has 4 N–H and O–H groups in total. The molecule has 2 aliphatic heterocycles. The monoisotopic (exact) mass is 1190 g/mol. The van der Waals surface area contributed by atoms with E-state index in [9.17, 15) is 24.0 Å². The van der Waals surface area contributed by atoms with Crippen molar-refractivity contribution in [3.63, 3.8) is 0 Å². The van der Waals surface area contributed by atoms with Gasteiger partial charge in [-0.15, -0.1) is 10.2 Å². The first-order chi connectivity index (χ1) is 31.9. The summed E-state index contributed by atoms with van der Waals surface area (Å²) < 4.78 is 22.2. The van der Waals surface area contributed by atoms with Crippen molar-refractivity contribution in [2.75, 3.05) is 13.1 Å². The molecule has 5 rings (SSSR count). The number of ether oxygens (including phenoxy) is 2. The molecule has 372 valence electrons. The maximum Gasteiger partial charge on any atom is 0.410 e. The topological polar surface area (TPSA) is 233 Å². The average molecular weight is 1190 g/mol. The molecular weight excluding hydrogens is 1130 g/mol. The molecule has 2 atom stereocenters. The van der Waals surface area contributed by atoms with Crippen LogP contribution in [0.4, 0.5) is 9.59 Å². The van der Waals surface area contributed by atoms with Crippen LogP contribution < -0.4 is 16.6 Å². The Morgan fingerprint density at radius 1 is 0.824 bits per heavy atom. The quantitative estimate of drug-likeness (QED) is 0.0566. The van der Waals surface area contributed by atoms with E-state index in [1.165, 1.54) is 20.8 Å². The zero-order valence-corrected chi connectivity index (χ0v) is 49.0. The van der Waals surface area contributed by atoms with Crippen LogP contribution in [-0.4, -0.2) is 89.9 Å². The molecule has 2 saturated heterocycles. The van der Waals surface area contributed by atoms with Gasteiger partial charge in [0.2, 0.25) is 5.91 Å². The number of halogens is 2. The number of amides is 3. The van der Waals surface area contributed by atoms with Crippen LogP contribution in [-0.2, 0) is 74.1 Å². The number of aryl methyl sites for hydroxylation is 1. The Labute approximate surface area is 430 Å². The van der Waals surface area contributed by atoms with Crippen LogP contribution in [0.25, 0.3) is 0 Å². The molecule has 0 unspecified atom stereocenters. The molecule has 2 aliphatic rings. The van der Waals surface area contributed by atoms with Crippen molar-refractivity contribution in [3.05, 3.63) is 81.4 Å². The predicted molar refractivity (Wildman–Crippen MR) is 259 cm³/mol. The van der Waals surface area contributed by atoms with E-state index in [0.29, 0.717) is 47.6 Å². The summed E-state index contributed by atoms with van der Waals surface area (Å²) in [7, 11) is 0. The van der Waals surface area contributed by atoms with Gasteiger partial charge in [0.25, 0.3) is 0 Å². The predicted octanol–water partition coefficient (Wildman–Crippen LogP) is 8.71. The van der Waals surface area contributed by atoms with Gasteiger partial charge in [-0.05, 0) is 103 Å². The summed E-state index contributed by atoms with van der Waals surface area (Å²) >= 11 is 15.3. The first-order valence-corrected chi connectivity index (χ1v) is 27.8. The van der Waals surface area contributed by atoms with E-state index in [-0.39, 0.29) is 42.1 Å². The third-order valence-corrected chi connectivity index (χ3v) is 14.2. The number of thiocarbonyl (C=S) groups is 1. The minimum absolute atomic E-state index is 0.0906. The normalized spacial score (nSPS) is 14.7. The second kappa shape index (κ2) is 31.5. The van der Waals surface area contributed by atoms with Crippen LogP contribution in [0.1, 0.15) is 137 Å². The Hall–Kier alpha value is -4.61. The number of aromatic nitrogens is 3. The van der Waals surface area contributed by atoms with Gasteiger partial charge in [0.15, 0.2) is 5.82 Å². The standard InChI is InChI=1S/C20H27ClN4O2.C17H23ClN2O2S.C3H8N2O.C2H3N.2C2H4O2.Hg/c1-5-17-22-23-18(25(17)13-14-8-10-15(21)11-9-14)16-7-6-12-24(16)19(26)27-20(2,3)4;1-17(2,3)22-16(21)20-10-4-5-14(20)15(23)19-11-12-6-8-13(18)9-7-12;1-2-3(6)5-4;1-2-3;2*1-2(3)4;/h8-11,16H,5-7,12-13H2,1-4H3;6-9,14H,4-5,10-11H2,1-3H3,(H,19,23);2,4H2,1H3,(H,5,6);1H3;2*1H3,(H,3,4);/q;;;;;;+2/p-2/t16-;14-;;;;;/m11...../s1. The van der Waals surface area contributed by atoms with Gasteiger partial charge < -0.3 is 19.4 Å². The molecule has 22 heteroatoms. The number of nitrogens with two attached hydrogens (primary N) is 1. The van der Waals surface area contributed by atoms with Crippen LogP contribution in [0.15, 0.2) is 48.5 Å². The van der Waals surface area contributed by atoms with Crippen molar-refractivity contribution in [1.82, 2.24) is 35.3 Å². The Morgan fingerprint density at radius 2 is 1.29 bits per heavy atom. The summed E-state index contributed by atoms with van der Waals surface area (Å²) in [6.45, 7) is 21.7. The van der Waals surface area contributed by atoms with Crippen molar-refractivity contribution in [1.29, 1.82) is 5.26 Å². The van der Waals surface area contributed by atoms with E-state index in [4.69, 9.17) is 50.2 Å². The Morgan fingerprint density at radius 3 is 1.74 bits per heavy atom. The van der Waals surface area contributed by atoms with Gasteiger partial charge in [-0.2, -0.15) is 5.26 Å². The first-order valence-electron chi connectivity index (χ1n) is 22.1. The molecule has 2 fully saturated rings. The van der Waals surface area contributed by atoms with Gasteiger partial charge in [0.1, 0.15) is 17.0 Å². The molecule has 0 aliphatic carbocycles. The molecule has 18 nitrogen and oxygen atoms in total. The zero-order valence-electron chi connectivity index (χ0n) is 41.2. The molecule has 0 spiro atoms. The molecule has 0 bridgehead atoms. The van der Waals surface area contributed by atoms with E-state index < -0.39 is 36.7 Å². The SMILES string of the molecule is CC#N.CC(=O)[O][Hg][O]C(C)=O.CC(C)(C)OC(=O)N1CCC[C@@H]1C(=S)NCc1ccc(Cl)cc1.CCC(=O)NN.CCc1nnc([C@H]2CCCN2C(=O)OC(C)(C)C)n1Cc1ccc(Cl)cc1. The van der Waals surface area contributed by atoms with Gasteiger partial charge in [0, 0.05) is 49.4 Å². The van der Waals surface area contributed by atoms with Crippen molar-refractivity contribution < 1.29 is 64.2 Å². The van der Waals surface area contributed by atoms with Crippen LogP contribution in [0, 0.1) is 11.3 Å². The number of nitrogens with zero attached hydrogens (tertiary/aromatic N) is 6. The molecule has 3 aromatic rings. The molecule has 2 aromatic carbocycles. The third kappa shape index (κ3) is 24.6. The second-order valence-corrected chi connectivity index (χ2v) is 21.6. The van der Waals surface area contributed by atoms with Crippen LogP contribution >= 0.6 is 35.4 Å². The molecular formula is C46H67Cl2HgN9O9S. The minimum atomic E-state index is -2.04. The van der Waals surface area contributed by atoms with E-state index >= 15 is 0 Å². The summed E-state index contributed by atoms with van der Waals surface area (Å²) in [5.41, 5.74) is 3.18. The Kier molecular flexibility index (Phi) is 28.4. The number of nitriles is 1. The van der Waals surface area contributed by atoms with E-state index in [2.05, 4.69) is 38.1 Å². The number of hydrogen-bond donors (Lipinski definition) is 3. The van der Waals surface area contributed by atoms with Crippen LogP contribution in [0.3, 0.4) is 0 Å². The average Bonchev–Trinajstić information content (AvgIpc) is 4.04. The molecule has 68 heavy (non-hydrogen) atoms. The number of carbonyl (C=O) groups excluding carboxylic acids is 5. The van der Waals surface area contributed by atoms with E-state index in [1.807, 2.05) is 95.5 Å². The summed E-state index contributed by atoms with van der Waals surface area (Å²) in [4.78, 5) is 59.2. The molecule has 3 heterocycles. The van der Waals surface area contributed by atoms with Crippen molar-refractivity contribution in [2.24, 2.45) is 5.84 Å². The number of nitrogens with one attached hydrogen (secondary N) is 2. The summed E-state index contributed by atoms with van der Waals surface area (Å²) in [6.07, 6.45) is 4.25. The summed E-state index contributed by atoms with van der Waals surface area (Å²) in [5, 5.41) is 20.8. The van der Waals surface area contributed by atoms with Gasteiger partial charge in [-0.3, -0.25) is 20.0 Å². The molecule has 3 amide bonds. The second-order valence-electron chi connectivity index (χ2n) is 17.1. The fourth-order valence-corrected chi connectivity index (χ4v) is 8.25. The fraction of sp³-hybridized carbons (Fsp3) is 0.543. The molecule has 0 saturated carbocycles. The number of benzene rings is 2. The third-order valence-electron chi connectivity index (χ3n) is 9.17. The summed E-state index contributed by atoms with van der Waals surface area (Å²) in [5.74, 6) is 5.56. The van der Waals surface area contributed by atoms with Crippen molar-refractivity contribution >= 4 is 70.4 Å². The zero-order chi connectivity index (χ0) is 51.6. The van der Waals surface area contributed by atoms with Crippen LogP contribution in [0.5, 0.6) is 0 Å². The number of rotatable bonds is 10. The maximum absolute atomic E-state index is 12.7. The van der Waals surface area contributed by atoms with Crippen molar-refractivity contribution in [2.45, 2.75) is 151 Å². The van der Waals surface area contributed by atoms with Gasteiger partial charge in [0.05, 0.1) is 29.7 Å². The first kappa shape index (κ1) is 61.4. The number of hydrazine groups is 1. The Bertz CT molecular complexity index is 2090. The van der Waals surface area contributed by atoms with Gasteiger partial charge in [-0.25, -0.2) is 15.4 Å². The number of hydrogen-bond acceptors (Lipinski definition) is 14. The fourth-order valence-electron chi connectivity index (χ4n) is 6.16. The van der Waals surface area contributed by atoms with E-state index in [1.54, 1.807) is 22.8 Å².